The largest absolute Gasteiger partial charge is 0.351 e. The molecule has 1 aromatic carbocycles. The van der Waals surface area contributed by atoms with Crippen molar-refractivity contribution in [3.8, 4) is 11.4 Å². The standard InChI is InChI=1S/C18H19ClFN5O/c1-9-11-4-10(19)5-12(20)16(11)25-15(9)13-6-22-7-14(24-13)17(26)23-8-18(2,3)21/h4-7,25H,8,21H2,1-3H3,(H,23,26). The number of aromatic amines is 1. The van der Waals surface area contributed by atoms with Crippen LogP contribution in [-0.2, 0) is 0 Å². The van der Waals surface area contributed by atoms with Crippen molar-refractivity contribution in [3.05, 3.63) is 46.6 Å². The molecule has 0 saturated carbocycles. The van der Waals surface area contributed by atoms with Crippen LogP contribution in [0.4, 0.5) is 4.39 Å². The van der Waals surface area contributed by atoms with Gasteiger partial charge in [0.05, 0.1) is 23.6 Å². The quantitative estimate of drug-likeness (QED) is 0.652. The number of nitrogens with zero attached hydrogens (tertiary/aromatic N) is 2. The molecule has 136 valence electrons. The molecule has 2 heterocycles. The Bertz CT molecular complexity index is 993. The molecule has 26 heavy (non-hydrogen) atoms. The van der Waals surface area contributed by atoms with Crippen LogP contribution in [0.5, 0.6) is 0 Å². The predicted octanol–water partition coefficient (Wildman–Crippen LogP) is 3.19. The van der Waals surface area contributed by atoms with Gasteiger partial charge in [-0.25, -0.2) is 9.37 Å². The maximum Gasteiger partial charge on any atom is 0.271 e. The molecule has 0 aliphatic heterocycles. The smallest absolute Gasteiger partial charge is 0.271 e. The summed E-state index contributed by atoms with van der Waals surface area (Å²) in [6.45, 7) is 5.74. The van der Waals surface area contributed by atoms with E-state index in [0.29, 0.717) is 33.9 Å². The van der Waals surface area contributed by atoms with Crippen molar-refractivity contribution < 1.29 is 9.18 Å². The van der Waals surface area contributed by atoms with Gasteiger partial charge in [0.15, 0.2) is 0 Å². The van der Waals surface area contributed by atoms with Gasteiger partial charge in [0.1, 0.15) is 17.2 Å². The van der Waals surface area contributed by atoms with Crippen molar-refractivity contribution in [1.29, 1.82) is 0 Å². The lowest BCUT2D eigenvalue weighted by atomic mass is 10.1. The Kier molecular flexibility index (Phi) is 4.68. The molecular formula is C18H19ClFN5O. The lowest BCUT2D eigenvalue weighted by molar-refractivity contribution is 0.0940. The van der Waals surface area contributed by atoms with Crippen LogP contribution >= 0.6 is 11.6 Å². The highest BCUT2D eigenvalue weighted by Gasteiger charge is 2.18. The topological polar surface area (TPSA) is 96.7 Å². The number of H-pyrrole nitrogens is 1. The molecule has 0 unspecified atom stereocenters. The first-order valence-electron chi connectivity index (χ1n) is 8.02. The number of nitrogens with one attached hydrogen (secondary N) is 2. The molecule has 0 radical (unpaired) electrons. The normalized spacial score (nSPS) is 11.8. The van der Waals surface area contributed by atoms with Crippen molar-refractivity contribution in [2.75, 3.05) is 6.54 Å². The summed E-state index contributed by atoms with van der Waals surface area (Å²) in [4.78, 5) is 23.7. The molecule has 3 rings (SSSR count). The fourth-order valence-electron chi connectivity index (χ4n) is 2.60. The zero-order valence-electron chi connectivity index (χ0n) is 14.7. The third-order valence-electron chi connectivity index (χ3n) is 3.91. The Hall–Kier alpha value is -2.51. The van der Waals surface area contributed by atoms with Crippen LogP contribution in [0, 0.1) is 12.7 Å². The summed E-state index contributed by atoms with van der Waals surface area (Å²) in [6, 6.07) is 2.93. The zero-order valence-corrected chi connectivity index (χ0v) is 15.4. The fourth-order valence-corrected chi connectivity index (χ4v) is 2.81. The number of amides is 1. The molecule has 1 amide bonds. The van der Waals surface area contributed by atoms with Gasteiger partial charge in [-0.05, 0) is 38.5 Å². The Balaban J connectivity index is 1.98. The summed E-state index contributed by atoms with van der Waals surface area (Å²) in [6.07, 6.45) is 2.89. The van der Waals surface area contributed by atoms with Crippen LogP contribution in [0.3, 0.4) is 0 Å². The lowest BCUT2D eigenvalue weighted by Crippen LogP contribution is -2.45. The van der Waals surface area contributed by atoms with E-state index < -0.39 is 11.4 Å². The van der Waals surface area contributed by atoms with Crippen molar-refractivity contribution in [1.82, 2.24) is 20.3 Å². The molecule has 0 atom stereocenters. The molecule has 2 aromatic heterocycles. The van der Waals surface area contributed by atoms with Crippen LogP contribution in [0.2, 0.25) is 5.02 Å². The van der Waals surface area contributed by atoms with Gasteiger partial charge in [0.25, 0.3) is 5.91 Å². The van der Waals surface area contributed by atoms with Gasteiger partial charge in [-0.2, -0.15) is 0 Å². The number of carbonyl (C=O) groups excluding carboxylic acids is 1. The van der Waals surface area contributed by atoms with Gasteiger partial charge in [-0.3, -0.25) is 9.78 Å². The van der Waals surface area contributed by atoms with E-state index in [0.717, 1.165) is 5.56 Å². The number of hydrogen-bond donors (Lipinski definition) is 3. The van der Waals surface area contributed by atoms with E-state index >= 15 is 0 Å². The summed E-state index contributed by atoms with van der Waals surface area (Å²) in [7, 11) is 0. The lowest BCUT2D eigenvalue weighted by Gasteiger charge is -2.18. The van der Waals surface area contributed by atoms with Crippen molar-refractivity contribution in [2.24, 2.45) is 5.73 Å². The Morgan fingerprint density at radius 2 is 2.12 bits per heavy atom. The fraction of sp³-hybridized carbons (Fsp3) is 0.278. The molecule has 4 N–H and O–H groups in total. The average molecular weight is 376 g/mol. The Morgan fingerprint density at radius 3 is 2.81 bits per heavy atom. The minimum absolute atomic E-state index is 0.156. The highest BCUT2D eigenvalue weighted by molar-refractivity contribution is 6.31. The van der Waals surface area contributed by atoms with Crippen LogP contribution in [0.1, 0.15) is 29.9 Å². The first-order chi connectivity index (χ1) is 12.2. The van der Waals surface area contributed by atoms with Gasteiger partial charge in [-0.1, -0.05) is 11.6 Å². The number of benzene rings is 1. The second-order valence-corrected chi connectivity index (χ2v) is 7.33. The number of aryl methyl sites for hydroxylation is 1. The number of hydrogen-bond acceptors (Lipinski definition) is 4. The molecule has 6 nitrogen and oxygen atoms in total. The summed E-state index contributed by atoms with van der Waals surface area (Å²) in [5.41, 5.74) is 7.62. The summed E-state index contributed by atoms with van der Waals surface area (Å²) >= 11 is 5.94. The third-order valence-corrected chi connectivity index (χ3v) is 4.13. The number of rotatable bonds is 4. The summed E-state index contributed by atoms with van der Waals surface area (Å²) < 4.78 is 14.1. The molecule has 0 aliphatic carbocycles. The van der Waals surface area contributed by atoms with Crippen LogP contribution < -0.4 is 11.1 Å². The van der Waals surface area contributed by atoms with Gasteiger partial charge >= 0.3 is 0 Å². The number of fused-ring (bicyclic) bond motifs is 1. The van der Waals surface area contributed by atoms with Gasteiger partial charge in [-0.15, -0.1) is 0 Å². The number of carbonyl (C=O) groups is 1. The van der Waals surface area contributed by atoms with E-state index in [-0.39, 0.29) is 11.6 Å². The zero-order chi connectivity index (χ0) is 19.1. The maximum absolute atomic E-state index is 14.1. The second-order valence-electron chi connectivity index (χ2n) is 6.90. The van der Waals surface area contributed by atoms with E-state index in [4.69, 9.17) is 17.3 Å². The van der Waals surface area contributed by atoms with Gasteiger partial charge in [0.2, 0.25) is 0 Å². The molecule has 0 fully saturated rings. The minimum atomic E-state index is -0.536. The van der Waals surface area contributed by atoms with Gasteiger partial charge in [0, 0.05) is 22.5 Å². The minimum Gasteiger partial charge on any atom is -0.351 e. The van der Waals surface area contributed by atoms with Crippen molar-refractivity contribution in [2.45, 2.75) is 26.3 Å². The molecule has 0 spiro atoms. The maximum atomic E-state index is 14.1. The Morgan fingerprint density at radius 1 is 1.38 bits per heavy atom. The molecular weight excluding hydrogens is 357 g/mol. The van der Waals surface area contributed by atoms with E-state index in [1.165, 1.54) is 18.5 Å². The van der Waals surface area contributed by atoms with Crippen molar-refractivity contribution >= 4 is 28.4 Å². The molecule has 0 saturated heterocycles. The van der Waals surface area contributed by atoms with E-state index in [2.05, 4.69) is 20.3 Å². The highest BCUT2D eigenvalue weighted by atomic mass is 35.5. The average Bonchev–Trinajstić information content (AvgIpc) is 2.89. The van der Waals surface area contributed by atoms with Crippen LogP contribution in [0.25, 0.3) is 22.3 Å². The molecule has 0 bridgehead atoms. The number of halogens is 2. The highest BCUT2D eigenvalue weighted by Crippen LogP contribution is 2.31. The molecule has 3 aromatic rings. The van der Waals surface area contributed by atoms with Crippen LogP contribution in [-0.4, -0.2) is 32.9 Å². The SMILES string of the molecule is Cc1c(-c2cncc(C(=O)NCC(C)(C)N)n2)[nH]c2c(F)cc(Cl)cc12. The van der Waals surface area contributed by atoms with Crippen molar-refractivity contribution in [3.63, 3.8) is 0 Å². The predicted molar refractivity (Wildman–Crippen MR) is 99.6 cm³/mol. The third kappa shape index (κ3) is 3.68. The number of aromatic nitrogens is 3. The van der Waals surface area contributed by atoms with Gasteiger partial charge < -0.3 is 16.0 Å². The first kappa shape index (κ1) is 18.3. The second kappa shape index (κ2) is 6.66. The van der Waals surface area contributed by atoms with E-state index in [1.807, 2.05) is 20.8 Å². The summed E-state index contributed by atoms with van der Waals surface area (Å²) in [5.74, 6) is -0.824. The first-order valence-corrected chi connectivity index (χ1v) is 8.40. The van der Waals surface area contributed by atoms with Crippen LogP contribution in [0.15, 0.2) is 24.5 Å². The van der Waals surface area contributed by atoms with E-state index in [9.17, 15) is 9.18 Å². The Labute approximate surface area is 155 Å². The molecule has 0 aliphatic rings. The molecule has 8 heteroatoms. The van der Waals surface area contributed by atoms with E-state index in [1.54, 1.807) is 6.07 Å². The monoisotopic (exact) mass is 375 g/mol. The number of nitrogens with two attached hydrogens (primary N) is 1. The summed E-state index contributed by atoms with van der Waals surface area (Å²) in [5, 5.41) is 3.69.